The van der Waals surface area contributed by atoms with Crippen LogP contribution < -0.4 is 0 Å². The predicted octanol–water partition coefficient (Wildman–Crippen LogP) is 3.15. The molecule has 3 heteroatoms. The maximum absolute atomic E-state index is 11.3. The molecule has 2 rings (SSSR count). The largest absolute Gasteiger partial charge is 0.469 e. The first-order valence-electron chi connectivity index (χ1n) is 7.74. The first-order chi connectivity index (χ1) is 8.99. The van der Waals surface area contributed by atoms with Gasteiger partial charge in [-0.2, -0.15) is 0 Å². The van der Waals surface area contributed by atoms with Crippen molar-refractivity contribution in [2.24, 2.45) is 23.2 Å². The molecule has 110 valence electrons. The zero-order chi connectivity index (χ0) is 14.0. The molecule has 2 aliphatic rings. The van der Waals surface area contributed by atoms with Crippen LogP contribution in [-0.2, 0) is 9.53 Å². The van der Waals surface area contributed by atoms with Gasteiger partial charge in [-0.3, -0.25) is 4.79 Å². The van der Waals surface area contributed by atoms with Crippen molar-refractivity contribution in [3.8, 4) is 0 Å². The molecule has 19 heavy (non-hydrogen) atoms. The highest BCUT2D eigenvalue weighted by Crippen LogP contribution is 2.58. The molecule has 5 unspecified atom stereocenters. The van der Waals surface area contributed by atoms with E-state index in [4.69, 9.17) is 4.74 Å². The fourth-order valence-corrected chi connectivity index (χ4v) is 4.77. The number of carbonyl (C=O) groups excluding carboxylic acids is 1. The molecule has 1 N–H and O–H groups in total. The summed E-state index contributed by atoms with van der Waals surface area (Å²) in [7, 11) is 1.46. The highest BCUT2D eigenvalue weighted by molar-refractivity contribution is 5.69. The predicted molar refractivity (Wildman–Crippen MR) is 74.6 cm³/mol. The molecule has 5 atom stereocenters. The molecule has 0 aliphatic heterocycles. The number of hydrogen-bond acceptors (Lipinski definition) is 3. The summed E-state index contributed by atoms with van der Waals surface area (Å²) in [6.45, 7) is 4.63. The molecule has 2 aliphatic carbocycles. The normalized spacial score (nSPS) is 39.7. The van der Waals surface area contributed by atoms with Gasteiger partial charge in [-0.1, -0.05) is 20.3 Å². The second-order valence-corrected chi connectivity index (χ2v) is 6.85. The Morgan fingerprint density at radius 2 is 2.16 bits per heavy atom. The number of carbonyl (C=O) groups is 1. The van der Waals surface area contributed by atoms with Crippen molar-refractivity contribution in [3.63, 3.8) is 0 Å². The van der Waals surface area contributed by atoms with Crippen molar-refractivity contribution in [2.75, 3.05) is 7.11 Å². The Bertz CT molecular complexity index is 328. The number of aliphatic hydroxyl groups excluding tert-OH is 1. The monoisotopic (exact) mass is 268 g/mol. The average Bonchev–Trinajstić information content (AvgIpc) is 2.74. The van der Waals surface area contributed by atoms with E-state index in [1.165, 1.54) is 20.0 Å². The van der Waals surface area contributed by atoms with Gasteiger partial charge in [0.05, 0.1) is 13.2 Å². The number of methoxy groups -OCH3 is 1. The SMILES string of the molecule is COC(=O)CCC(C)C1CCC2C(O)CCCC12C. The quantitative estimate of drug-likeness (QED) is 0.797. The third-order valence-corrected chi connectivity index (χ3v) is 5.88. The van der Waals surface area contributed by atoms with E-state index in [9.17, 15) is 9.90 Å². The molecular weight excluding hydrogens is 240 g/mol. The first-order valence-corrected chi connectivity index (χ1v) is 7.74. The number of ether oxygens (including phenoxy) is 1. The van der Waals surface area contributed by atoms with E-state index in [0.717, 1.165) is 25.7 Å². The molecule has 0 heterocycles. The lowest BCUT2D eigenvalue weighted by Crippen LogP contribution is -2.41. The highest BCUT2D eigenvalue weighted by Gasteiger charge is 2.52. The molecule has 0 bridgehead atoms. The van der Waals surface area contributed by atoms with Crippen molar-refractivity contribution < 1.29 is 14.6 Å². The minimum atomic E-state index is -0.102. The molecule has 0 aromatic rings. The summed E-state index contributed by atoms with van der Waals surface area (Å²) in [4.78, 5) is 11.3. The summed E-state index contributed by atoms with van der Waals surface area (Å²) in [6, 6.07) is 0. The molecule has 0 aromatic heterocycles. The molecule has 0 saturated heterocycles. The Hall–Kier alpha value is -0.570. The van der Waals surface area contributed by atoms with Gasteiger partial charge < -0.3 is 9.84 Å². The van der Waals surface area contributed by atoms with Crippen LogP contribution in [0.2, 0.25) is 0 Å². The van der Waals surface area contributed by atoms with Crippen LogP contribution in [0.1, 0.15) is 58.8 Å². The van der Waals surface area contributed by atoms with E-state index < -0.39 is 0 Å². The topological polar surface area (TPSA) is 46.5 Å². The zero-order valence-corrected chi connectivity index (χ0v) is 12.5. The molecular formula is C16H28O3. The maximum atomic E-state index is 11.3. The smallest absolute Gasteiger partial charge is 0.305 e. The summed E-state index contributed by atoms with van der Waals surface area (Å²) >= 11 is 0. The van der Waals surface area contributed by atoms with Gasteiger partial charge in [-0.05, 0) is 55.3 Å². The van der Waals surface area contributed by atoms with Gasteiger partial charge in [0.2, 0.25) is 0 Å². The van der Waals surface area contributed by atoms with Crippen molar-refractivity contribution in [3.05, 3.63) is 0 Å². The maximum Gasteiger partial charge on any atom is 0.305 e. The summed E-state index contributed by atoms with van der Waals surface area (Å²) < 4.78 is 4.73. The lowest BCUT2D eigenvalue weighted by Gasteiger charge is -2.45. The number of rotatable bonds is 4. The van der Waals surface area contributed by atoms with Crippen molar-refractivity contribution in [1.29, 1.82) is 0 Å². The Morgan fingerprint density at radius 3 is 2.84 bits per heavy atom. The van der Waals surface area contributed by atoms with Crippen LogP contribution in [0, 0.1) is 23.2 Å². The fraction of sp³-hybridized carbons (Fsp3) is 0.938. The second-order valence-electron chi connectivity index (χ2n) is 6.85. The molecule has 2 fully saturated rings. The van der Waals surface area contributed by atoms with Gasteiger partial charge in [0.1, 0.15) is 0 Å². The van der Waals surface area contributed by atoms with Crippen LogP contribution in [-0.4, -0.2) is 24.3 Å². The van der Waals surface area contributed by atoms with Crippen LogP contribution >= 0.6 is 0 Å². The Morgan fingerprint density at radius 1 is 1.42 bits per heavy atom. The molecule has 0 spiro atoms. The van der Waals surface area contributed by atoms with Crippen molar-refractivity contribution in [2.45, 2.75) is 64.9 Å². The minimum Gasteiger partial charge on any atom is -0.469 e. The number of aliphatic hydroxyl groups is 1. The van der Waals surface area contributed by atoms with E-state index >= 15 is 0 Å². The average molecular weight is 268 g/mol. The standard InChI is InChI=1S/C16H28O3/c1-11(6-9-15(18)19-3)12-7-8-13-14(17)5-4-10-16(12,13)2/h11-14,17H,4-10H2,1-3H3. The highest BCUT2D eigenvalue weighted by atomic mass is 16.5. The molecule has 0 radical (unpaired) electrons. The third-order valence-electron chi connectivity index (χ3n) is 5.88. The molecule has 2 saturated carbocycles. The number of hydrogen-bond donors (Lipinski definition) is 1. The summed E-state index contributed by atoms with van der Waals surface area (Å²) in [5.41, 5.74) is 0.285. The van der Waals surface area contributed by atoms with E-state index in [1.807, 2.05) is 0 Å². The van der Waals surface area contributed by atoms with Crippen LogP contribution in [0.5, 0.6) is 0 Å². The Labute approximate surface area is 116 Å². The van der Waals surface area contributed by atoms with Gasteiger partial charge >= 0.3 is 5.97 Å². The minimum absolute atomic E-state index is 0.100. The number of esters is 1. The van der Waals surface area contributed by atoms with Crippen molar-refractivity contribution in [1.82, 2.24) is 0 Å². The van der Waals surface area contributed by atoms with Crippen LogP contribution in [0.3, 0.4) is 0 Å². The molecule has 0 aromatic carbocycles. The summed E-state index contributed by atoms with van der Waals surface area (Å²) in [6.07, 6.45) is 7.06. The fourth-order valence-electron chi connectivity index (χ4n) is 4.77. The summed E-state index contributed by atoms with van der Waals surface area (Å²) in [5, 5.41) is 10.2. The van der Waals surface area contributed by atoms with E-state index in [2.05, 4.69) is 13.8 Å². The molecule has 0 amide bonds. The van der Waals surface area contributed by atoms with Crippen LogP contribution in [0.4, 0.5) is 0 Å². The Kier molecular flexibility index (Phi) is 4.54. The van der Waals surface area contributed by atoms with Gasteiger partial charge in [0.25, 0.3) is 0 Å². The van der Waals surface area contributed by atoms with Gasteiger partial charge in [-0.15, -0.1) is 0 Å². The van der Waals surface area contributed by atoms with Crippen LogP contribution in [0.15, 0.2) is 0 Å². The summed E-state index contributed by atoms with van der Waals surface area (Å²) in [5.74, 6) is 1.57. The zero-order valence-electron chi connectivity index (χ0n) is 12.5. The van der Waals surface area contributed by atoms with E-state index in [-0.39, 0.29) is 17.5 Å². The Balaban J connectivity index is 1.98. The van der Waals surface area contributed by atoms with Gasteiger partial charge in [-0.25, -0.2) is 0 Å². The second kappa shape index (κ2) is 5.82. The van der Waals surface area contributed by atoms with Gasteiger partial charge in [0, 0.05) is 6.42 Å². The lowest BCUT2D eigenvalue weighted by molar-refractivity contribution is -0.141. The van der Waals surface area contributed by atoms with E-state index in [1.54, 1.807) is 0 Å². The number of fused-ring (bicyclic) bond motifs is 1. The van der Waals surface area contributed by atoms with E-state index in [0.29, 0.717) is 24.2 Å². The first kappa shape index (κ1) is 14.8. The van der Waals surface area contributed by atoms with Gasteiger partial charge in [0.15, 0.2) is 0 Å². The van der Waals surface area contributed by atoms with Crippen LogP contribution in [0.25, 0.3) is 0 Å². The molecule has 3 nitrogen and oxygen atoms in total. The third kappa shape index (κ3) is 2.81. The lowest BCUT2D eigenvalue weighted by atomic mass is 9.61. The van der Waals surface area contributed by atoms with Crippen molar-refractivity contribution >= 4 is 5.97 Å².